The average molecular weight is 322 g/mol. The number of nitrogens with one attached hydrogen (secondary N) is 2. The molecule has 0 bridgehead atoms. The summed E-state index contributed by atoms with van der Waals surface area (Å²) in [6.45, 7) is 4.84. The summed E-state index contributed by atoms with van der Waals surface area (Å²) < 4.78 is 0. The standard InChI is InChI=1S/C16H26N4O3/c1-12-5-2-3-6-16(12)14(22)20(15(23)18-16)11-13(21)19-9-4-7-17-8-10-19/h12,17H,2-11H2,1H3,(H,18,23). The van der Waals surface area contributed by atoms with Gasteiger partial charge in [0.1, 0.15) is 12.1 Å². The summed E-state index contributed by atoms with van der Waals surface area (Å²) >= 11 is 0. The molecule has 2 N–H and O–H groups in total. The van der Waals surface area contributed by atoms with Crippen LogP contribution in [0.2, 0.25) is 0 Å². The van der Waals surface area contributed by atoms with E-state index in [1.54, 1.807) is 4.90 Å². The third-order valence-corrected chi connectivity index (χ3v) is 5.49. The summed E-state index contributed by atoms with van der Waals surface area (Å²) in [6, 6.07) is -0.412. The first kappa shape index (κ1) is 16.2. The van der Waals surface area contributed by atoms with Crippen molar-refractivity contribution in [3.63, 3.8) is 0 Å². The van der Waals surface area contributed by atoms with Crippen LogP contribution in [-0.4, -0.2) is 65.9 Å². The number of urea groups is 1. The van der Waals surface area contributed by atoms with E-state index in [1.165, 1.54) is 0 Å². The number of hydrogen-bond donors (Lipinski definition) is 2. The van der Waals surface area contributed by atoms with Gasteiger partial charge in [0.15, 0.2) is 0 Å². The SMILES string of the molecule is CC1CCCCC12NC(=O)N(CC(=O)N1CCCNCC1)C2=O. The maximum atomic E-state index is 12.8. The summed E-state index contributed by atoms with van der Waals surface area (Å²) in [4.78, 5) is 40.5. The van der Waals surface area contributed by atoms with Gasteiger partial charge in [-0.1, -0.05) is 19.8 Å². The van der Waals surface area contributed by atoms with E-state index in [9.17, 15) is 14.4 Å². The average Bonchev–Trinajstić information content (AvgIpc) is 2.75. The highest BCUT2D eigenvalue weighted by Crippen LogP contribution is 2.38. The van der Waals surface area contributed by atoms with Crippen molar-refractivity contribution in [2.45, 2.75) is 44.6 Å². The minimum absolute atomic E-state index is 0.121. The molecule has 1 spiro atoms. The fraction of sp³-hybridized carbons (Fsp3) is 0.812. The van der Waals surface area contributed by atoms with E-state index >= 15 is 0 Å². The Morgan fingerprint density at radius 2 is 2.04 bits per heavy atom. The largest absolute Gasteiger partial charge is 0.340 e. The molecular weight excluding hydrogens is 296 g/mol. The molecule has 2 atom stereocenters. The second kappa shape index (κ2) is 6.47. The molecule has 2 unspecified atom stereocenters. The Labute approximate surface area is 136 Å². The predicted molar refractivity (Wildman–Crippen MR) is 84.7 cm³/mol. The van der Waals surface area contributed by atoms with Crippen molar-refractivity contribution < 1.29 is 14.4 Å². The van der Waals surface area contributed by atoms with Gasteiger partial charge < -0.3 is 15.5 Å². The maximum Gasteiger partial charge on any atom is 0.325 e. The second-order valence-corrected chi connectivity index (χ2v) is 6.92. The normalized spacial score (nSPS) is 32.1. The first-order chi connectivity index (χ1) is 11.0. The van der Waals surface area contributed by atoms with Crippen molar-refractivity contribution >= 4 is 17.8 Å². The van der Waals surface area contributed by atoms with Crippen LogP contribution in [0.3, 0.4) is 0 Å². The third kappa shape index (κ3) is 2.94. The fourth-order valence-corrected chi connectivity index (χ4v) is 3.97. The molecule has 3 aliphatic rings. The van der Waals surface area contributed by atoms with Crippen molar-refractivity contribution in [1.82, 2.24) is 20.4 Å². The number of hydrogen-bond acceptors (Lipinski definition) is 4. The quantitative estimate of drug-likeness (QED) is 0.717. The van der Waals surface area contributed by atoms with Crippen LogP contribution in [0.25, 0.3) is 0 Å². The van der Waals surface area contributed by atoms with Gasteiger partial charge in [0.05, 0.1) is 0 Å². The minimum atomic E-state index is -0.782. The van der Waals surface area contributed by atoms with Crippen molar-refractivity contribution in [1.29, 1.82) is 0 Å². The number of rotatable bonds is 2. The first-order valence-corrected chi connectivity index (χ1v) is 8.67. The van der Waals surface area contributed by atoms with Crippen LogP contribution < -0.4 is 10.6 Å². The summed E-state index contributed by atoms with van der Waals surface area (Å²) in [7, 11) is 0. The van der Waals surface area contributed by atoms with Gasteiger partial charge in [-0.2, -0.15) is 0 Å². The number of amides is 4. The molecule has 7 heteroatoms. The number of imide groups is 1. The Kier molecular flexibility index (Phi) is 4.57. The molecule has 0 radical (unpaired) electrons. The molecular formula is C16H26N4O3. The lowest BCUT2D eigenvalue weighted by atomic mass is 9.73. The molecule has 1 saturated carbocycles. The van der Waals surface area contributed by atoms with Gasteiger partial charge in [-0.15, -0.1) is 0 Å². The number of carbonyl (C=O) groups is 3. The summed E-state index contributed by atoms with van der Waals surface area (Å²) in [5.74, 6) is -0.233. The first-order valence-electron chi connectivity index (χ1n) is 8.67. The van der Waals surface area contributed by atoms with E-state index in [2.05, 4.69) is 10.6 Å². The van der Waals surface area contributed by atoms with Crippen molar-refractivity contribution in [2.24, 2.45) is 5.92 Å². The molecule has 3 fully saturated rings. The van der Waals surface area contributed by atoms with Crippen LogP contribution in [0.1, 0.15) is 39.0 Å². The fourth-order valence-electron chi connectivity index (χ4n) is 3.97. The van der Waals surface area contributed by atoms with E-state index in [-0.39, 0.29) is 24.3 Å². The Balaban J connectivity index is 1.69. The van der Waals surface area contributed by atoms with Crippen LogP contribution in [0.5, 0.6) is 0 Å². The van der Waals surface area contributed by atoms with E-state index < -0.39 is 11.6 Å². The van der Waals surface area contributed by atoms with Crippen molar-refractivity contribution in [3.8, 4) is 0 Å². The summed E-state index contributed by atoms with van der Waals surface area (Å²) in [6.07, 6.45) is 4.54. The van der Waals surface area contributed by atoms with Gasteiger partial charge in [-0.25, -0.2) is 4.79 Å². The summed E-state index contributed by atoms with van der Waals surface area (Å²) in [5, 5.41) is 6.14. The molecule has 2 saturated heterocycles. The van der Waals surface area contributed by atoms with E-state index in [0.29, 0.717) is 19.5 Å². The van der Waals surface area contributed by atoms with Gasteiger partial charge in [-0.3, -0.25) is 14.5 Å². The van der Waals surface area contributed by atoms with Crippen LogP contribution in [0, 0.1) is 5.92 Å². The van der Waals surface area contributed by atoms with Crippen LogP contribution in [0.4, 0.5) is 4.79 Å². The van der Waals surface area contributed by atoms with Crippen LogP contribution >= 0.6 is 0 Å². The van der Waals surface area contributed by atoms with Gasteiger partial charge in [0.2, 0.25) is 5.91 Å². The minimum Gasteiger partial charge on any atom is -0.340 e. The van der Waals surface area contributed by atoms with Gasteiger partial charge in [-0.05, 0) is 31.7 Å². The third-order valence-electron chi connectivity index (χ3n) is 5.49. The molecule has 2 heterocycles. The molecule has 3 rings (SSSR count). The van der Waals surface area contributed by atoms with E-state index in [0.717, 1.165) is 43.7 Å². The zero-order valence-electron chi connectivity index (χ0n) is 13.8. The second-order valence-electron chi connectivity index (χ2n) is 6.92. The summed E-state index contributed by atoms with van der Waals surface area (Å²) in [5.41, 5.74) is -0.782. The Bertz CT molecular complexity index is 502. The monoisotopic (exact) mass is 322 g/mol. The highest BCUT2D eigenvalue weighted by molar-refractivity contribution is 6.09. The zero-order valence-corrected chi connectivity index (χ0v) is 13.8. The van der Waals surface area contributed by atoms with Crippen molar-refractivity contribution in [2.75, 3.05) is 32.7 Å². The lowest BCUT2D eigenvalue weighted by Crippen LogP contribution is -2.54. The lowest BCUT2D eigenvalue weighted by molar-refractivity contribution is -0.140. The molecule has 0 aromatic carbocycles. The number of nitrogens with zero attached hydrogens (tertiary/aromatic N) is 2. The molecule has 128 valence electrons. The van der Waals surface area contributed by atoms with Crippen LogP contribution in [-0.2, 0) is 9.59 Å². The van der Waals surface area contributed by atoms with E-state index in [1.807, 2.05) is 6.92 Å². The van der Waals surface area contributed by atoms with Crippen molar-refractivity contribution in [3.05, 3.63) is 0 Å². The molecule has 7 nitrogen and oxygen atoms in total. The smallest absolute Gasteiger partial charge is 0.325 e. The maximum absolute atomic E-state index is 12.8. The van der Waals surface area contributed by atoms with Crippen LogP contribution in [0.15, 0.2) is 0 Å². The molecule has 23 heavy (non-hydrogen) atoms. The molecule has 1 aliphatic carbocycles. The predicted octanol–water partition coefficient (Wildman–Crippen LogP) is 0.309. The van der Waals surface area contributed by atoms with E-state index in [4.69, 9.17) is 0 Å². The highest BCUT2D eigenvalue weighted by atomic mass is 16.2. The highest BCUT2D eigenvalue weighted by Gasteiger charge is 2.55. The van der Waals surface area contributed by atoms with Gasteiger partial charge in [0, 0.05) is 19.6 Å². The molecule has 0 aromatic rings. The molecule has 0 aromatic heterocycles. The molecule has 2 aliphatic heterocycles. The Morgan fingerprint density at radius 3 is 2.83 bits per heavy atom. The Hall–Kier alpha value is -1.63. The Morgan fingerprint density at radius 1 is 1.22 bits per heavy atom. The lowest BCUT2D eigenvalue weighted by Gasteiger charge is -2.36. The molecule has 4 amide bonds. The number of carbonyl (C=O) groups excluding carboxylic acids is 3. The van der Waals surface area contributed by atoms with Gasteiger partial charge >= 0.3 is 6.03 Å². The topological polar surface area (TPSA) is 81.8 Å². The zero-order chi connectivity index (χ0) is 16.4. The van der Waals surface area contributed by atoms with Gasteiger partial charge in [0.25, 0.3) is 5.91 Å².